The van der Waals surface area contributed by atoms with Gasteiger partial charge in [-0.25, -0.2) is 9.18 Å². The van der Waals surface area contributed by atoms with Crippen molar-refractivity contribution in [1.82, 2.24) is 4.57 Å². The number of oxime groups is 1. The van der Waals surface area contributed by atoms with E-state index in [-0.39, 0.29) is 27.4 Å². The summed E-state index contributed by atoms with van der Waals surface area (Å²) in [5.74, 6) is -2.04. The van der Waals surface area contributed by atoms with Crippen LogP contribution in [0, 0.1) is 11.7 Å². The number of alkyl halides is 3. The van der Waals surface area contributed by atoms with Crippen molar-refractivity contribution >= 4 is 46.5 Å². The molecule has 2 heterocycles. The highest BCUT2D eigenvalue weighted by Crippen LogP contribution is 2.49. The van der Waals surface area contributed by atoms with Crippen molar-refractivity contribution in [1.29, 1.82) is 0 Å². The molecule has 2 atom stereocenters. The molecule has 0 saturated heterocycles. The summed E-state index contributed by atoms with van der Waals surface area (Å²) in [6.07, 6.45) is -3.27. The van der Waals surface area contributed by atoms with Crippen molar-refractivity contribution in [3.8, 4) is 11.1 Å². The maximum absolute atomic E-state index is 14.9. The summed E-state index contributed by atoms with van der Waals surface area (Å²) in [4.78, 5) is 17.9. The van der Waals surface area contributed by atoms with Crippen LogP contribution in [0.3, 0.4) is 0 Å². The van der Waals surface area contributed by atoms with E-state index in [1.165, 1.54) is 13.2 Å². The van der Waals surface area contributed by atoms with Gasteiger partial charge in [-0.05, 0) is 25.0 Å². The molecule has 2 aromatic rings. The number of nitrogens with zero attached hydrogens (tertiary/aromatic N) is 2. The fourth-order valence-electron chi connectivity index (χ4n) is 4.43. The van der Waals surface area contributed by atoms with E-state index in [9.17, 15) is 22.4 Å². The van der Waals surface area contributed by atoms with Crippen molar-refractivity contribution in [3.63, 3.8) is 0 Å². The molecule has 1 fully saturated rings. The van der Waals surface area contributed by atoms with Crippen LogP contribution in [0.2, 0.25) is 15.2 Å². The Kier molecular flexibility index (Phi) is 5.66. The first-order valence-electron chi connectivity index (χ1n) is 9.39. The molecule has 1 aliphatic carbocycles. The molecular weight excluding hydrogens is 499 g/mol. The number of fused-ring (bicyclic) bond motifs is 1. The lowest BCUT2D eigenvalue weighted by atomic mass is 9.84. The number of rotatable bonds is 3. The van der Waals surface area contributed by atoms with Gasteiger partial charge < -0.3 is 14.1 Å². The van der Waals surface area contributed by atoms with E-state index >= 15 is 0 Å². The number of hydrogen-bond donors (Lipinski definition) is 0. The van der Waals surface area contributed by atoms with Crippen molar-refractivity contribution in [2.45, 2.75) is 31.0 Å². The Balaban J connectivity index is 1.87. The van der Waals surface area contributed by atoms with Crippen LogP contribution >= 0.6 is 34.8 Å². The van der Waals surface area contributed by atoms with Gasteiger partial charge in [-0.3, -0.25) is 0 Å². The Morgan fingerprint density at radius 2 is 1.97 bits per heavy atom. The van der Waals surface area contributed by atoms with Crippen LogP contribution in [0.1, 0.15) is 30.5 Å². The highest BCUT2D eigenvalue weighted by atomic mass is 35.5. The monoisotopic (exact) mass is 512 g/mol. The van der Waals surface area contributed by atoms with Crippen molar-refractivity contribution in [2.24, 2.45) is 18.1 Å². The standard InChI is InChI=1S/C20H15Cl3F4N2O3/c1-29-16(20(25,26)27)14(22)13(17(29)23)9-6-8(11(21)7-12(9)24)15-10-4-3-5-19(10,32-28-15)18(30)31-2/h6-7,10H,3-5H2,1-2H3. The Bertz CT molecular complexity index is 1160. The predicted molar refractivity (Wildman–Crippen MR) is 111 cm³/mol. The third kappa shape index (κ3) is 3.28. The second-order valence-electron chi connectivity index (χ2n) is 7.59. The molecule has 0 N–H and O–H groups in total. The van der Waals surface area contributed by atoms with Gasteiger partial charge in [0.05, 0.1) is 28.8 Å². The normalized spacial score (nSPS) is 22.5. The molecule has 4 rings (SSSR count). The summed E-state index contributed by atoms with van der Waals surface area (Å²) in [5, 5.41) is 2.82. The highest BCUT2D eigenvalue weighted by molar-refractivity contribution is 6.40. The average Bonchev–Trinajstić information content (AvgIpc) is 3.34. The topological polar surface area (TPSA) is 52.8 Å². The Morgan fingerprint density at radius 1 is 1.28 bits per heavy atom. The molecule has 1 aromatic carbocycles. The zero-order chi connectivity index (χ0) is 23.6. The van der Waals surface area contributed by atoms with Crippen LogP contribution in [0.5, 0.6) is 0 Å². The van der Waals surface area contributed by atoms with E-state index in [1.54, 1.807) is 0 Å². The SMILES string of the molecule is COC(=O)C12CCCC1C(c1cc(-c3c(Cl)c(C(F)(F)F)n(C)c3Cl)c(F)cc1Cl)=NO2. The quantitative estimate of drug-likeness (QED) is 0.360. The average molecular weight is 514 g/mol. The van der Waals surface area contributed by atoms with E-state index in [4.69, 9.17) is 44.4 Å². The molecule has 32 heavy (non-hydrogen) atoms. The predicted octanol–water partition coefficient (Wildman–Crippen LogP) is 6.26. The number of esters is 1. The molecular formula is C20H15Cl3F4N2O3. The summed E-state index contributed by atoms with van der Waals surface area (Å²) >= 11 is 18.4. The van der Waals surface area contributed by atoms with Crippen LogP contribution < -0.4 is 0 Å². The van der Waals surface area contributed by atoms with Crippen LogP contribution in [0.25, 0.3) is 11.1 Å². The van der Waals surface area contributed by atoms with Gasteiger partial charge in [0.1, 0.15) is 16.7 Å². The Morgan fingerprint density at radius 3 is 2.56 bits per heavy atom. The lowest BCUT2D eigenvalue weighted by Crippen LogP contribution is -2.43. The minimum atomic E-state index is -4.81. The van der Waals surface area contributed by atoms with Gasteiger partial charge in [-0.1, -0.05) is 40.0 Å². The molecule has 1 aliphatic heterocycles. The molecule has 2 unspecified atom stereocenters. The van der Waals surface area contributed by atoms with Gasteiger partial charge in [0.25, 0.3) is 0 Å². The summed E-state index contributed by atoms with van der Waals surface area (Å²) in [6.45, 7) is 0. The first-order chi connectivity index (χ1) is 14.9. The van der Waals surface area contributed by atoms with Crippen LogP contribution in [0.15, 0.2) is 17.3 Å². The van der Waals surface area contributed by atoms with Gasteiger partial charge in [0.15, 0.2) is 0 Å². The second-order valence-corrected chi connectivity index (χ2v) is 8.73. The van der Waals surface area contributed by atoms with Gasteiger partial charge in [-0.15, -0.1) is 0 Å². The number of carbonyl (C=O) groups is 1. The maximum Gasteiger partial charge on any atom is 0.432 e. The minimum Gasteiger partial charge on any atom is -0.466 e. The summed E-state index contributed by atoms with van der Waals surface area (Å²) in [7, 11) is 2.31. The van der Waals surface area contributed by atoms with E-state index in [0.717, 1.165) is 13.1 Å². The first-order valence-corrected chi connectivity index (χ1v) is 10.5. The number of ether oxygens (including phenoxy) is 1. The third-order valence-electron chi connectivity index (χ3n) is 5.91. The van der Waals surface area contributed by atoms with Crippen LogP contribution in [0.4, 0.5) is 17.6 Å². The molecule has 0 radical (unpaired) electrons. The molecule has 5 nitrogen and oxygen atoms in total. The fourth-order valence-corrected chi connectivity index (χ4v) is 5.43. The van der Waals surface area contributed by atoms with E-state index in [1.807, 2.05) is 0 Å². The number of methoxy groups -OCH3 is 1. The third-order valence-corrected chi connectivity index (χ3v) is 7.03. The van der Waals surface area contributed by atoms with E-state index < -0.39 is 45.4 Å². The van der Waals surface area contributed by atoms with Gasteiger partial charge in [-0.2, -0.15) is 13.2 Å². The maximum atomic E-state index is 14.9. The minimum absolute atomic E-state index is 0.0552. The molecule has 0 bridgehead atoms. The highest BCUT2D eigenvalue weighted by Gasteiger charge is 2.59. The summed E-state index contributed by atoms with van der Waals surface area (Å²) in [5.41, 5.74) is -2.67. The Labute approximate surface area is 194 Å². The number of hydrogen-bond acceptors (Lipinski definition) is 4. The molecule has 1 aromatic heterocycles. The lowest BCUT2D eigenvalue weighted by Gasteiger charge is -2.23. The molecule has 1 saturated carbocycles. The number of benzene rings is 1. The molecule has 0 spiro atoms. The largest absolute Gasteiger partial charge is 0.466 e. The molecule has 2 aliphatic rings. The fraction of sp³-hybridized carbons (Fsp3) is 0.400. The molecule has 0 amide bonds. The lowest BCUT2D eigenvalue weighted by molar-refractivity contribution is -0.168. The van der Waals surface area contributed by atoms with Crippen LogP contribution in [-0.2, 0) is 27.6 Å². The van der Waals surface area contributed by atoms with E-state index in [2.05, 4.69) is 5.16 Å². The summed E-state index contributed by atoms with van der Waals surface area (Å²) < 4.78 is 60.7. The molecule has 12 heteroatoms. The smallest absolute Gasteiger partial charge is 0.432 e. The number of carbonyl (C=O) groups excluding carboxylic acids is 1. The van der Waals surface area contributed by atoms with E-state index in [0.29, 0.717) is 23.8 Å². The van der Waals surface area contributed by atoms with Gasteiger partial charge >= 0.3 is 12.1 Å². The van der Waals surface area contributed by atoms with Gasteiger partial charge in [0, 0.05) is 30.2 Å². The number of aromatic nitrogens is 1. The molecule has 172 valence electrons. The zero-order valence-electron chi connectivity index (χ0n) is 16.6. The van der Waals surface area contributed by atoms with Crippen molar-refractivity contribution in [2.75, 3.05) is 7.11 Å². The number of halogens is 7. The summed E-state index contributed by atoms with van der Waals surface area (Å²) in [6, 6.07) is 2.16. The second kappa shape index (κ2) is 7.81. The van der Waals surface area contributed by atoms with Gasteiger partial charge in [0.2, 0.25) is 5.60 Å². The van der Waals surface area contributed by atoms with Crippen molar-refractivity contribution in [3.05, 3.63) is 44.4 Å². The zero-order valence-corrected chi connectivity index (χ0v) is 18.9. The van der Waals surface area contributed by atoms with Crippen molar-refractivity contribution < 1.29 is 31.9 Å². The first kappa shape index (κ1) is 23.2. The Hall–Kier alpha value is -1.97. The van der Waals surface area contributed by atoms with Crippen LogP contribution in [-0.4, -0.2) is 29.0 Å².